The minimum atomic E-state index is -4.14. The summed E-state index contributed by atoms with van der Waals surface area (Å²) in [5, 5.41) is 0.549. The minimum absolute atomic E-state index is 0.00535. The van der Waals surface area contributed by atoms with Crippen molar-refractivity contribution in [3.8, 4) is 5.75 Å². The molecular weight excluding hydrogens is 566 g/mol. The number of carbonyl (C=O) groups excluding carboxylic acids is 2. The molecule has 3 atom stereocenters. The second-order valence-corrected chi connectivity index (χ2v) is 12.4. The van der Waals surface area contributed by atoms with Crippen molar-refractivity contribution in [2.75, 3.05) is 4.90 Å². The van der Waals surface area contributed by atoms with Crippen LogP contribution in [-0.2, 0) is 26.1 Å². The van der Waals surface area contributed by atoms with Gasteiger partial charge in [-0.15, -0.1) is 0 Å². The largest absolute Gasteiger partial charge is 0.422 e. The predicted octanol–water partition coefficient (Wildman–Crippen LogP) is 5.48. The predicted molar refractivity (Wildman–Crippen MR) is 160 cm³/mol. The fourth-order valence-corrected chi connectivity index (χ4v) is 7.25. The molecule has 1 fully saturated rings. The highest BCUT2D eigenvalue weighted by Gasteiger charge is 2.56. The molecule has 2 aliphatic rings. The van der Waals surface area contributed by atoms with Crippen LogP contribution in [0.15, 0.2) is 117 Å². The summed E-state index contributed by atoms with van der Waals surface area (Å²) in [7, 11) is -4.14. The summed E-state index contributed by atoms with van der Waals surface area (Å²) >= 11 is 0. The molecule has 2 unspecified atom stereocenters. The fourth-order valence-electron chi connectivity index (χ4n) is 6.33. The Labute approximate surface area is 247 Å². The number of nitrogens with zero attached hydrogens (tertiary/aromatic N) is 1. The average molecular weight is 592 g/mol. The van der Waals surface area contributed by atoms with E-state index < -0.39 is 33.5 Å². The number of para-hydroxylation sites is 1. The van der Waals surface area contributed by atoms with Crippen molar-refractivity contribution >= 4 is 38.6 Å². The van der Waals surface area contributed by atoms with Crippen LogP contribution in [0.5, 0.6) is 5.75 Å². The quantitative estimate of drug-likeness (QED) is 0.151. The number of hydrogen-bond donors (Lipinski definition) is 0. The molecule has 0 saturated carbocycles. The molecule has 1 aromatic heterocycles. The third-order valence-electron chi connectivity index (χ3n) is 8.30. The van der Waals surface area contributed by atoms with Crippen LogP contribution in [0.1, 0.15) is 34.1 Å². The van der Waals surface area contributed by atoms with Gasteiger partial charge in [0.15, 0.2) is 0 Å². The van der Waals surface area contributed by atoms with Crippen molar-refractivity contribution in [1.29, 1.82) is 0 Å². The summed E-state index contributed by atoms with van der Waals surface area (Å²) in [4.78, 5) is 42.7. The lowest BCUT2D eigenvalue weighted by atomic mass is 9.67. The van der Waals surface area contributed by atoms with Gasteiger partial charge < -0.3 is 8.60 Å². The highest BCUT2D eigenvalue weighted by atomic mass is 32.2. The Morgan fingerprint density at radius 2 is 1.49 bits per heavy atom. The Bertz CT molecular complexity index is 2070. The Balaban J connectivity index is 1.35. The smallest absolute Gasteiger partial charge is 0.340 e. The Morgan fingerprint density at radius 1 is 0.814 bits per heavy atom. The molecule has 4 aromatic carbocycles. The van der Waals surface area contributed by atoms with Crippen molar-refractivity contribution in [3.63, 3.8) is 0 Å². The fraction of sp³-hybridized carbons (Fsp3) is 0.147. The Hall–Kier alpha value is -5.02. The van der Waals surface area contributed by atoms with Crippen LogP contribution in [-0.4, -0.2) is 20.2 Å². The second kappa shape index (κ2) is 10.1. The van der Waals surface area contributed by atoms with Gasteiger partial charge >= 0.3 is 15.7 Å². The van der Waals surface area contributed by atoms with Gasteiger partial charge in [-0.3, -0.25) is 9.59 Å². The lowest BCUT2D eigenvalue weighted by Gasteiger charge is -2.32. The van der Waals surface area contributed by atoms with Gasteiger partial charge in [0.25, 0.3) is 0 Å². The van der Waals surface area contributed by atoms with Crippen LogP contribution < -0.4 is 14.7 Å². The van der Waals surface area contributed by atoms with Crippen LogP contribution in [0, 0.1) is 12.8 Å². The monoisotopic (exact) mass is 591 g/mol. The Kier molecular flexibility index (Phi) is 6.28. The summed E-state index contributed by atoms with van der Waals surface area (Å²) in [5.41, 5.74) is 2.39. The lowest BCUT2D eigenvalue weighted by Crippen LogP contribution is -2.34. The first-order valence-corrected chi connectivity index (χ1v) is 15.2. The molecule has 0 N–H and O–H groups in total. The van der Waals surface area contributed by atoms with E-state index in [0.717, 1.165) is 11.1 Å². The van der Waals surface area contributed by atoms with E-state index in [1.54, 1.807) is 48.5 Å². The number of imide groups is 1. The molecule has 2 heterocycles. The number of carbonyl (C=O) groups is 2. The first-order valence-electron chi connectivity index (χ1n) is 13.8. The molecule has 2 amide bonds. The van der Waals surface area contributed by atoms with E-state index in [4.69, 9.17) is 8.60 Å². The van der Waals surface area contributed by atoms with E-state index in [1.807, 2.05) is 37.3 Å². The number of hydrogen-bond acceptors (Lipinski definition) is 7. The van der Waals surface area contributed by atoms with Gasteiger partial charge in [-0.05, 0) is 60.9 Å². The van der Waals surface area contributed by atoms with Gasteiger partial charge in [-0.2, -0.15) is 8.42 Å². The van der Waals surface area contributed by atoms with Crippen LogP contribution in [0.3, 0.4) is 0 Å². The van der Waals surface area contributed by atoms with E-state index in [-0.39, 0.29) is 33.6 Å². The van der Waals surface area contributed by atoms with Crippen LogP contribution in [0.4, 0.5) is 5.69 Å². The van der Waals surface area contributed by atoms with Crippen LogP contribution >= 0.6 is 0 Å². The van der Waals surface area contributed by atoms with Crippen LogP contribution in [0.2, 0.25) is 0 Å². The molecule has 9 heteroatoms. The summed E-state index contributed by atoms with van der Waals surface area (Å²) in [6, 6.07) is 28.9. The molecule has 43 heavy (non-hydrogen) atoms. The summed E-state index contributed by atoms with van der Waals surface area (Å²) in [6.45, 7) is 1.85. The Morgan fingerprint density at radius 3 is 2.19 bits per heavy atom. The molecule has 7 rings (SSSR count). The van der Waals surface area contributed by atoms with E-state index in [0.29, 0.717) is 23.1 Å². The molecule has 5 aromatic rings. The summed E-state index contributed by atoms with van der Waals surface area (Å²) in [5.74, 6) is -3.05. The molecule has 1 saturated heterocycles. The molecule has 1 aliphatic heterocycles. The van der Waals surface area contributed by atoms with Gasteiger partial charge in [-0.1, -0.05) is 66.2 Å². The minimum Gasteiger partial charge on any atom is -0.422 e. The second-order valence-electron chi connectivity index (χ2n) is 10.9. The van der Waals surface area contributed by atoms with Crippen LogP contribution in [0.25, 0.3) is 11.0 Å². The van der Waals surface area contributed by atoms with Crippen molar-refractivity contribution < 1.29 is 26.6 Å². The zero-order chi connectivity index (χ0) is 29.9. The van der Waals surface area contributed by atoms with E-state index in [1.165, 1.54) is 29.2 Å². The molecule has 0 bridgehead atoms. The van der Waals surface area contributed by atoms with Gasteiger partial charge in [0.2, 0.25) is 11.8 Å². The molecule has 1 aliphatic carbocycles. The zero-order valence-electron chi connectivity index (χ0n) is 23.0. The number of fused-ring (bicyclic) bond motifs is 5. The molecule has 0 spiro atoms. The standard InChI is InChI=1S/C34H25NO7S/c1-20-12-15-24(16-13-20)43(39,40)42-23-14-17-25-27-19-26(21-8-4-2-5-9-21)29-31(30(27)34(38)41-28(25)18-23)33(37)35(32(29)36)22-10-6-3-7-11-22/h2-18,26,29,31H,19H2,1H3/t26-,29?,31?/m0/s1. The molecular formula is C34H25NO7S. The first kappa shape index (κ1) is 26.9. The summed E-state index contributed by atoms with van der Waals surface area (Å²) < 4.78 is 36.9. The van der Waals surface area contributed by atoms with Gasteiger partial charge in [0.1, 0.15) is 16.2 Å². The van der Waals surface area contributed by atoms with Gasteiger partial charge in [0.05, 0.1) is 23.1 Å². The number of rotatable bonds is 5. The van der Waals surface area contributed by atoms with Crippen molar-refractivity contribution in [1.82, 2.24) is 0 Å². The zero-order valence-corrected chi connectivity index (χ0v) is 23.8. The average Bonchev–Trinajstić information content (AvgIpc) is 3.27. The number of aryl methyl sites for hydroxylation is 1. The SMILES string of the molecule is Cc1ccc(S(=O)(=O)Oc2ccc3c4c(c(=O)oc3c2)C2C(=O)N(c3ccccc3)C(=O)C2[C@H](c2ccccc2)C4)cc1. The first-order chi connectivity index (χ1) is 20.7. The number of amides is 2. The topological polar surface area (TPSA) is 111 Å². The molecule has 8 nitrogen and oxygen atoms in total. The van der Waals surface area contributed by atoms with E-state index in [9.17, 15) is 22.8 Å². The lowest BCUT2D eigenvalue weighted by molar-refractivity contribution is -0.122. The maximum Gasteiger partial charge on any atom is 0.340 e. The van der Waals surface area contributed by atoms with E-state index in [2.05, 4.69) is 0 Å². The normalized spacial score (nSPS) is 19.7. The molecule has 214 valence electrons. The number of anilines is 1. The number of benzene rings is 4. The van der Waals surface area contributed by atoms with Crippen molar-refractivity contribution in [2.24, 2.45) is 5.92 Å². The maximum atomic E-state index is 14.0. The van der Waals surface area contributed by atoms with E-state index >= 15 is 0 Å². The van der Waals surface area contributed by atoms with Crippen molar-refractivity contribution in [3.05, 3.63) is 136 Å². The van der Waals surface area contributed by atoms with Gasteiger partial charge in [-0.25, -0.2) is 9.69 Å². The third kappa shape index (κ3) is 4.44. The molecule has 0 radical (unpaired) electrons. The maximum absolute atomic E-state index is 14.0. The highest BCUT2D eigenvalue weighted by molar-refractivity contribution is 7.87. The van der Waals surface area contributed by atoms with Crippen molar-refractivity contribution in [2.45, 2.75) is 30.1 Å². The third-order valence-corrected chi connectivity index (χ3v) is 9.56. The highest BCUT2D eigenvalue weighted by Crippen LogP contribution is 2.51. The van der Waals surface area contributed by atoms with Gasteiger partial charge in [0, 0.05) is 17.4 Å². The summed E-state index contributed by atoms with van der Waals surface area (Å²) in [6.07, 6.45) is 0.312.